The number of carboxylic acid groups (broad SMARTS) is 1. The van der Waals surface area contributed by atoms with Gasteiger partial charge in [0.25, 0.3) is 0 Å². The molecular weight excluding hydrogens is 252 g/mol. The quantitative estimate of drug-likeness (QED) is 0.910. The van der Waals surface area contributed by atoms with Gasteiger partial charge in [0.05, 0.1) is 5.52 Å². The summed E-state index contributed by atoms with van der Waals surface area (Å²) >= 11 is 0. The molecule has 4 nitrogen and oxygen atoms in total. The number of carbonyl (C=O) groups is 1. The van der Waals surface area contributed by atoms with E-state index in [1.165, 1.54) is 12.8 Å². The van der Waals surface area contributed by atoms with E-state index < -0.39 is 5.97 Å². The van der Waals surface area contributed by atoms with Crippen molar-refractivity contribution in [2.75, 3.05) is 11.4 Å². The van der Waals surface area contributed by atoms with E-state index >= 15 is 0 Å². The van der Waals surface area contributed by atoms with Crippen LogP contribution in [-0.4, -0.2) is 28.6 Å². The maximum absolute atomic E-state index is 11.6. The van der Waals surface area contributed by atoms with Gasteiger partial charge in [-0.1, -0.05) is 18.2 Å². The molecule has 0 amide bonds. The Bertz CT molecular complexity index is 698. The van der Waals surface area contributed by atoms with E-state index in [1.807, 2.05) is 24.3 Å². The first kappa shape index (κ1) is 11.7. The Morgan fingerprint density at radius 3 is 2.85 bits per heavy atom. The zero-order valence-electron chi connectivity index (χ0n) is 11.1. The van der Waals surface area contributed by atoms with Gasteiger partial charge in [0.2, 0.25) is 0 Å². The zero-order chi connectivity index (χ0) is 13.7. The van der Waals surface area contributed by atoms with Crippen molar-refractivity contribution in [2.24, 2.45) is 5.92 Å². The summed E-state index contributed by atoms with van der Waals surface area (Å²) in [5.74, 6) is 0.486. The maximum Gasteiger partial charge on any atom is 0.339 e. The van der Waals surface area contributed by atoms with Crippen LogP contribution in [0.2, 0.25) is 0 Å². The molecule has 1 aromatic heterocycles. The maximum atomic E-state index is 11.6. The summed E-state index contributed by atoms with van der Waals surface area (Å²) in [5.41, 5.74) is 1.20. The highest BCUT2D eigenvalue weighted by molar-refractivity contribution is 5.98. The molecule has 1 aromatic carbocycles. The predicted octanol–water partition coefficient (Wildman–Crippen LogP) is 2.92. The molecule has 2 atom stereocenters. The SMILES string of the molecule is O=C(O)c1cc2ccccc2nc1N1CC2CCC1C2. The summed E-state index contributed by atoms with van der Waals surface area (Å²) in [5, 5.41) is 10.4. The summed E-state index contributed by atoms with van der Waals surface area (Å²) in [6.07, 6.45) is 3.63. The Balaban J connectivity index is 1.88. The van der Waals surface area contributed by atoms with E-state index in [1.54, 1.807) is 6.07 Å². The Morgan fingerprint density at radius 2 is 2.15 bits per heavy atom. The fourth-order valence-electron chi connectivity index (χ4n) is 3.67. The van der Waals surface area contributed by atoms with Crippen molar-refractivity contribution in [1.82, 2.24) is 4.98 Å². The summed E-state index contributed by atoms with van der Waals surface area (Å²) in [7, 11) is 0. The fraction of sp³-hybridized carbons (Fsp3) is 0.375. The molecule has 0 radical (unpaired) electrons. The van der Waals surface area contributed by atoms with Crippen LogP contribution in [0.15, 0.2) is 30.3 Å². The van der Waals surface area contributed by atoms with Gasteiger partial charge in [0, 0.05) is 18.0 Å². The number of rotatable bonds is 2. The first-order chi connectivity index (χ1) is 9.72. The molecule has 4 heteroatoms. The van der Waals surface area contributed by atoms with Gasteiger partial charge in [-0.05, 0) is 37.3 Å². The van der Waals surface area contributed by atoms with Crippen molar-refractivity contribution < 1.29 is 9.90 Å². The van der Waals surface area contributed by atoms with E-state index in [2.05, 4.69) is 9.88 Å². The second-order valence-corrected chi connectivity index (χ2v) is 5.84. The van der Waals surface area contributed by atoms with Crippen LogP contribution in [0, 0.1) is 5.92 Å². The minimum Gasteiger partial charge on any atom is -0.478 e. The van der Waals surface area contributed by atoms with Crippen LogP contribution in [0.3, 0.4) is 0 Å². The fourth-order valence-corrected chi connectivity index (χ4v) is 3.67. The van der Waals surface area contributed by atoms with Crippen LogP contribution in [0.1, 0.15) is 29.6 Å². The van der Waals surface area contributed by atoms with E-state index in [4.69, 9.17) is 0 Å². The number of carboxylic acids is 1. The third-order valence-corrected chi connectivity index (χ3v) is 4.62. The molecule has 2 heterocycles. The van der Waals surface area contributed by atoms with Gasteiger partial charge >= 0.3 is 5.97 Å². The molecule has 1 aliphatic heterocycles. The Kier molecular flexibility index (Phi) is 2.46. The lowest BCUT2D eigenvalue weighted by Gasteiger charge is -2.29. The summed E-state index contributed by atoms with van der Waals surface area (Å²) in [4.78, 5) is 18.4. The Morgan fingerprint density at radius 1 is 1.30 bits per heavy atom. The smallest absolute Gasteiger partial charge is 0.339 e. The van der Waals surface area contributed by atoms with Crippen molar-refractivity contribution in [3.63, 3.8) is 0 Å². The van der Waals surface area contributed by atoms with Crippen LogP contribution < -0.4 is 4.90 Å². The average Bonchev–Trinajstić information content (AvgIpc) is 3.08. The number of anilines is 1. The first-order valence-electron chi connectivity index (χ1n) is 7.12. The van der Waals surface area contributed by atoms with Gasteiger partial charge in [-0.25, -0.2) is 9.78 Å². The zero-order valence-corrected chi connectivity index (χ0v) is 11.1. The van der Waals surface area contributed by atoms with Crippen LogP contribution in [0.25, 0.3) is 10.9 Å². The third kappa shape index (κ3) is 1.68. The molecule has 102 valence electrons. The largest absolute Gasteiger partial charge is 0.478 e. The molecule has 1 saturated heterocycles. The van der Waals surface area contributed by atoms with Crippen molar-refractivity contribution in [3.8, 4) is 0 Å². The Labute approximate surface area is 117 Å². The van der Waals surface area contributed by atoms with Crippen LogP contribution in [-0.2, 0) is 0 Å². The molecule has 4 rings (SSSR count). The number of fused-ring (bicyclic) bond motifs is 3. The second-order valence-electron chi connectivity index (χ2n) is 5.84. The second kappa shape index (κ2) is 4.20. The van der Waals surface area contributed by atoms with Gasteiger partial charge in [-0.2, -0.15) is 0 Å². The van der Waals surface area contributed by atoms with Gasteiger partial charge in [-0.15, -0.1) is 0 Å². The third-order valence-electron chi connectivity index (χ3n) is 4.62. The molecule has 1 N–H and O–H groups in total. The monoisotopic (exact) mass is 268 g/mol. The topological polar surface area (TPSA) is 53.4 Å². The van der Waals surface area contributed by atoms with E-state index in [0.29, 0.717) is 17.4 Å². The normalized spacial score (nSPS) is 24.5. The summed E-state index contributed by atoms with van der Waals surface area (Å²) in [6, 6.07) is 9.94. The van der Waals surface area contributed by atoms with Gasteiger partial charge in [0.15, 0.2) is 0 Å². The van der Waals surface area contributed by atoms with Crippen LogP contribution in [0.4, 0.5) is 5.82 Å². The van der Waals surface area contributed by atoms with E-state index in [-0.39, 0.29) is 0 Å². The highest BCUT2D eigenvalue weighted by Gasteiger charge is 2.39. The molecule has 2 aromatic rings. The van der Waals surface area contributed by atoms with Crippen LogP contribution in [0.5, 0.6) is 0 Å². The number of para-hydroxylation sites is 1. The van der Waals surface area contributed by atoms with E-state index in [0.717, 1.165) is 29.8 Å². The lowest BCUT2D eigenvalue weighted by atomic mass is 10.1. The molecule has 1 saturated carbocycles. The number of hydrogen-bond acceptors (Lipinski definition) is 3. The number of nitrogens with zero attached hydrogens (tertiary/aromatic N) is 2. The highest BCUT2D eigenvalue weighted by atomic mass is 16.4. The lowest BCUT2D eigenvalue weighted by Crippen LogP contribution is -2.33. The number of hydrogen-bond donors (Lipinski definition) is 1. The lowest BCUT2D eigenvalue weighted by molar-refractivity contribution is 0.0697. The molecule has 2 aliphatic rings. The average molecular weight is 268 g/mol. The van der Waals surface area contributed by atoms with Gasteiger partial charge < -0.3 is 10.0 Å². The molecule has 2 fully saturated rings. The van der Waals surface area contributed by atoms with E-state index in [9.17, 15) is 9.90 Å². The number of pyridine rings is 1. The van der Waals surface area contributed by atoms with Crippen molar-refractivity contribution >= 4 is 22.7 Å². The molecular formula is C16H16N2O2. The standard InChI is InChI=1S/C16H16N2O2/c19-16(20)13-8-11-3-1-2-4-14(11)17-15(13)18-9-10-5-6-12(18)7-10/h1-4,8,10,12H,5-7,9H2,(H,19,20). The number of aromatic carboxylic acids is 1. The first-order valence-corrected chi connectivity index (χ1v) is 7.12. The molecule has 2 bridgehead atoms. The minimum atomic E-state index is -0.888. The summed E-state index contributed by atoms with van der Waals surface area (Å²) < 4.78 is 0. The Hall–Kier alpha value is -2.10. The minimum absolute atomic E-state index is 0.330. The summed E-state index contributed by atoms with van der Waals surface area (Å²) in [6.45, 7) is 0.955. The number of piperidine rings is 1. The van der Waals surface area contributed by atoms with Gasteiger partial charge in [0.1, 0.15) is 11.4 Å². The van der Waals surface area contributed by atoms with Crippen LogP contribution >= 0.6 is 0 Å². The molecule has 2 unspecified atom stereocenters. The van der Waals surface area contributed by atoms with Gasteiger partial charge in [-0.3, -0.25) is 0 Å². The van der Waals surface area contributed by atoms with Crippen molar-refractivity contribution in [3.05, 3.63) is 35.9 Å². The van der Waals surface area contributed by atoms with Crippen molar-refractivity contribution in [1.29, 1.82) is 0 Å². The molecule has 1 aliphatic carbocycles. The van der Waals surface area contributed by atoms with Crippen molar-refractivity contribution in [2.45, 2.75) is 25.3 Å². The number of benzene rings is 1. The number of aromatic nitrogens is 1. The highest BCUT2D eigenvalue weighted by Crippen LogP contribution is 2.41. The molecule has 20 heavy (non-hydrogen) atoms. The predicted molar refractivity (Wildman–Crippen MR) is 77.2 cm³/mol. The molecule has 0 spiro atoms.